The number of aldehydes is 1. The number of hydrogen-bond acceptors (Lipinski definition) is 4. The van der Waals surface area contributed by atoms with Crippen LogP contribution in [0.4, 0.5) is 0 Å². The lowest BCUT2D eigenvalue weighted by Gasteiger charge is -2.19. The Morgan fingerprint density at radius 2 is 2.37 bits per heavy atom. The van der Waals surface area contributed by atoms with E-state index in [1.807, 2.05) is 36.9 Å². The molecular weight excluding hydrogens is 260 g/mol. The van der Waals surface area contributed by atoms with Gasteiger partial charge in [0.2, 0.25) is 0 Å². The lowest BCUT2D eigenvalue weighted by Crippen LogP contribution is -2.15. The number of ether oxygens (including phenoxy) is 2. The summed E-state index contributed by atoms with van der Waals surface area (Å²) in [6.45, 7) is 2.03. The highest BCUT2D eigenvalue weighted by Crippen LogP contribution is 2.38. The van der Waals surface area contributed by atoms with Crippen molar-refractivity contribution in [3.05, 3.63) is 23.8 Å². The van der Waals surface area contributed by atoms with Crippen molar-refractivity contribution in [3.63, 3.8) is 0 Å². The van der Waals surface area contributed by atoms with Crippen LogP contribution in [-0.4, -0.2) is 31.0 Å². The Hall–Kier alpha value is -1.16. The van der Waals surface area contributed by atoms with E-state index in [1.54, 1.807) is 7.11 Å². The molecular formula is C15H20O3S. The van der Waals surface area contributed by atoms with Gasteiger partial charge in [-0.05, 0) is 24.2 Å². The smallest absolute Gasteiger partial charge is 0.164 e. The number of carbonyl (C=O) groups excluding carboxylic acids is 1. The standard InChI is InChI=1S/C15H20O3S/c1-11(6-8-16)13-4-3-5-14(15(13)17-2)18-12-7-9-19-10-12/h3-5,8,11-12H,6-7,9-10H2,1-2H3. The summed E-state index contributed by atoms with van der Waals surface area (Å²) in [5, 5.41) is 0. The van der Waals surface area contributed by atoms with Crippen LogP contribution in [-0.2, 0) is 4.79 Å². The molecule has 19 heavy (non-hydrogen) atoms. The highest BCUT2D eigenvalue weighted by molar-refractivity contribution is 7.99. The summed E-state index contributed by atoms with van der Waals surface area (Å²) in [5.41, 5.74) is 1.04. The largest absolute Gasteiger partial charge is 0.493 e. The van der Waals surface area contributed by atoms with Crippen molar-refractivity contribution in [3.8, 4) is 11.5 Å². The van der Waals surface area contributed by atoms with Crippen LogP contribution >= 0.6 is 11.8 Å². The van der Waals surface area contributed by atoms with Crippen molar-refractivity contribution < 1.29 is 14.3 Å². The van der Waals surface area contributed by atoms with E-state index in [1.165, 1.54) is 0 Å². The maximum absolute atomic E-state index is 10.7. The lowest BCUT2D eigenvalue weighted by molar-refractivity contribution is -0.108. The minimum Gasteiger partial charge on any atom is -0.493 e. The number of carbonyl (C=O) groups is 1. The molecule has 0 spiro atoms. The topological polar surface area (TPSA) is 35.5 Å². The highest BCUT2D eigenvalue weighted by Gasteiger charge is 2.21. The summed E-state index contributed by atoms with van der Waals surface area (Å²) >= 11 is 1.92. The fourth-order valence-corrected chi connectivity index (χ4v) is 3.38. The molecule has 1 aromatic carbocycles. The van der Waals surface area contributed by atoms with E-state index >= 15 is 0 Å². The quantitative estimate of drug-likeness (QED) is 0.749. The normalized spacial score (nSPS) is 20.0. The molecule has 4 heteroatoms. The fraction of sp³-hybridized carbons (Fsp3) is 0.533. The summed E-state index contributed by atoms with van der Waals surface area (Å²) in [7, 11) is 1.66. The maximum atomic E-state index is 10.7. The first kappa shape index (κ1) is 14.3. The average Bonchev–Trinajstić information content (AvgIpc) is 2.91. The second-order valence-electron chi connectivity index (χ2n) is 4.79. The van der Waals surface area contributed by atoms with Crippen LogP contribution < -0.4 is 9.47 Å². The van der Waals surface area contributed by atoms with Gasteiger partial charge in [0.1, 0.15) is 12.4 Å². The third-order valence-electron chi connectivity index (χ3n) is 3.38. The van der Waals surface area contributed by atoms with Crippen molar-refractivity contribution >= 4 is 18.0 Å². The average molecular weight is 280 g/mol. The Bertz CT molecular complexity index is 427. The maximum Gasteiger partial charge on any atom is 0.164 e. The molecule has 0 saturated carbocycles. The zero-order chi connectivity index (χ0) is 13.7. The molecule has 0 aliphatic carbocycles. The fourth-order valence-electron chi connectivity index (χ4n) is 2.29. The van der Waals surface area contributed by atoms with E-state index in [9.17, 15) is 4.79 Å². The van der Waals surface area contributed by atoms with E-state index in [4.69, 9.17) is 9.47 Å². The summed E-state index contributed by atoms with van der Waals surface area (Å²) in [4.78, 5) is 10.7. The van der Waals surface area contributed by atoms with Gasteiger partial charge in [0.05, 0.1) is 7.11 Å². The molecule has 2 unspecified atom stereocenters. The van der Waals surface area contributed by atoms with Gasteiger partial charge >= 0.3 is 0 Å². The highest BCUT2D eigenvalue weighted by atomic mass is 32.2. The zero-order valence-electron chi connectivity index (χ0n) is 11.4. The Balaban J connectivity index is 2.22. The number of para-hydroxylation sites is 1. The molecule has 1 heterocycles. The molecule has 104 valence electrons. The van der Waals surface area contributed by atoms with E-state index in [0.29, 0.717) is 6.42 Å². The third-order valence-corrected chi connectivity index (χ3v) is 4.51. The van der Waals surface area contributed by atoms with Gasteiger partial charge in [0.25, 0.3) is 0 Å². The Labute approximate surface area is 118 Å². The Morgan fingerprint density at radius 1 is 1.53 bits per heavy atom. The second kappa shape index (κ2) is 6.85. The SMILES string of the molecule is COc1c(OC2CCSC2)cccc1C(C)CC=O. The van der Waals surface area contributed by atoms with Gasteiger partial charge in [-0.1, -0.05) is 19.1 Å². The molecule has 1 aliphatic heterocycles. The summed E-state index contributed by atoms with van der Waals surface area (Å²) in [6, 6.07) is 5.92. The molecule has 3 nitrogen and oxygen atoms in total. The molecule has 2 atom stereocenters. The van der Waals surface area contributed by atoms with Gasteiger partial charge in [-0.15, -0.1) is 0 Å². The molecule has 1 aromatic rings. The van der Waals surface area contributed by atoms with E-state index in [-0.39, 0.29) is 12.0 Å². The zero-order valence-corrected chi connectivity index (χ0v) is 12.2. The second-order valence-corrected chi connectivity index (χ2v) is 5.94. The monoisotopic (exact) mass is 280 g/mol. The van der Waals surface area contributed by atoms with Gasteiger partial charge in [0, 0.05) is 17.7 Å². The molecule has 1 aliphatic rings. The molecule has 1 fully saturated rings. The summed E-state index contributed by atoms with van der Waals surface area (Å²) in [5.74, 6) is 3.92. The minimum absolute atomic E-state index is 0.147. The van der Waals surface area contributed by atoms with E-state index < -0.39 is 0 Å². The number of methoxy groups -OCH3 is 1. The van der Waals surface area contributed by atoms with Gasteiger partial charge in [-0.25, -0.2) is 0 Å². The summed E-state index contributed by atoms with van der Waals surface area (Å²) in [6.07, 6.45) is 2.81. The third kappa shape index (κ3) is 3.44. The minimum atomic E-state index is 0.147. The lowest BCUT2D eigenvalue weighted by atomic mass is 9.97. The number of benzene rings is 1. The van der Waals surface area contributed by atoms with Gasteiger partial charge in [-0.2, -0.15) is 11.8 Å². The van der Waals surface area contributed by atoms with Gasteiger partial charge < -0.3 is 14.3 Å². The number of hydrogen-bond donors (Lipinski definition) is 0. The molecule has 0 bridgehead atoms. The molecule has 0 aromatic heterocycles. The van der Waals surface area contributed by atoms with Crippen LogP contribution in [0.5, 0.6) is 11.5 Å². The first-order valence-corrected chi connectivity index (χ1v) is 7.76. The molecule has 2 rings (SSSR count). The van der Waals surface area contributed by atoms with Crippen molar-refractivity contribution in [2.24, 2.45) is 0 Å². The van der Waals surface area contributed by atoms with Crippen LogP contribution in [0, 0.1) is 0 Å². The van der Waals surface area contributed by atoms with Gasteiger partial charge in [0.15, 0.2) is 11.5 Å². The van der Waals surface area contributed by atoms with Crippen LogP contribution in [0.3, 0.4) is 0 Å². The van der Waals surface area contributed by atoms with Crippen LogP contribution in [0.1, 0.15) is 31.2 Å². The van der Waals surface area contributed by atoms with Crippen LogP contribution in [0.25, 0.3) is 0 Å². The Morgan fingerprint density at radius 3 is 3.00 bits per heavy atom. The number of rotatable bonds is 6. The first-order chi connectivity index (χ1) is 9.26. The molecule has 0 N–H and O–H groups in total. The predicted molar refractivity (Wildman–Crippen MR) is 78.4 cm³/mol. The van der Waals surface area contributed by atoms with Crippen molar-refractivity contribution in [1.29, 1.82) is 0 Å². The predicted octanol–water partition coefficient (Wildman–Crippen LogP) is 3.27. The Kier molecular flexibility index (Phi) is 5.14. The molecule has 0 amide bonds. The number of thioether (sulfide) groups is 1. The van der Waals surface area contributed by atoms with Crippen molar-refractivity contribution in [1.82, 2.24) is 0 Å². The first-order valence-electron chi connectivity index (χ1n) is 6.61. The van der Waals surface area contributed by atoms with E-state index in [0.717, 1.165) is 41.3 Å². The van der Waals surface area contributed by atoms with Crippen LogP contribution in [0.2, 0.25) is 0 Å². The van der Waals surface area contributed by atoms with Crippen molar-refractivity contribution in [2.45, 2.75) is 31.8 Å². The van der Waals surface area contributed by atoms with Crippen LogP contribution in [0.15, 0.2) is 18.2 Å². The summed E-state index contributed by atoms with van der Waals surface area (Å²) < 4.78 is 11.5. The molecule has 0 radical (unpaired) electrons. The van der Waals surface area contributed by atoms with E-state index in [2.05, 4.69) is 0 Å². The molecule has 1 saturated heterocycles. The van der Waals surface area contributed by atoms with Crippen molar-refractivity contribution in [2.75, 3.05) is 18.6 Å². The van der Waals surface area contributed by atoms with Gasteiger partial charge in [-0.3, -0.25) is 0 Å².